The molecule has 0 radical (unpaired) electrons. The van der Waals surface area contributed by atoms with Crippen molar-refractivity contribution in [1.29, 1.82) is 5.26 Å². The van der Waals surface area contributed by atoms with Gasteiger partial charge in [0.2, 0.25) is 5.91 Å². The fourth-order valence-corrected chi connectivity index (χ4v) is 2.42. The van der Waals surface area contributed by atoms with Crippen LogP contribution in [0.2, 0.25) is 0 Å². The molecule has 0 heterocycles. The Morgan fingerprint density at radius 1 is 1.55 bits per heavy atom. The molecule has 0 aromatic heterocycles. The van der Waals surface area contributed by atoms with E-state index >= 15 is 0 Å². The number of benzene rings is 1. The fraction of sp³-hybridized carbons (Fsp3) is 0.500. The Balaban J connectivity index is 2.01. The van der Waals surface area contributed by atoms with E-state index in [1.165, 1.54) is 12.8 Å². The van der Waals surface area contributed by atoms with E-state index in [-0.39, 0.29) is 11.9 Å². The van der Waals surface area contributed by atoms with E-state index in [9.17, 15) is 4.79 Å². The molecule has 0 bridgehead atoms. The van der Waals surface area contributed by atoms with Gasteiger partial charge in [0.1, 0.15) is 0 Å². The number of rotatable bonds is 6. The molecule has 1 aromatic rings. The van der Waals surface area contributed by atoms with Gasteiger partial charge >= 0.3 is 0 Å². The molecule has 1 aliphatic rings. The predicted molar refractivity (Wildman–Crippen MR) is 79.3 cm³/mol. The number of carbonyl (C=O) groups excluding carboxylic acids is 1. The van der Waals surface area contributed by atoms with Crippen LogP contribution in [-0.4, -0.2) is 29.4 Å². The minimum atomic E-state index is -0.131. The second-order valence-corrected chi connectivity index (χ2v) is 5.33. The highest BCUT2D eigenvalue weighted by molar-refractivity contribution is 5.94. The minimum Gasteiger partial charge on any atom is -0.325 e. The average Bonchev–Trinajstić information content (AvgIpc) is 3.28. The predicted octanol–water partition coefficient (Wildman–Crippen LogP) is 2.76. The van der Waals surface area contributed by atoms with Crippen LogP contribution in [-0.2, 0) is 4.79 Å². The maximum atomic E-state index is 12.3. The molecule has 1 atom stereocenters. The topological polar surface area (TPSA) is 56.1 Å². The highest BCUT2D eigenvalue weighted by Crippen LogP contribution is 2.29. The summed E-state index contributed by atoms with van der Waals surface area (Å²) in [6, 6.07) is 9.54. The van der Waals surface area contributed by atoms with Gasteiger partial charge in [-0.2, -0.15) is 5.26 Å². The first kappa shape index (κ1) is 14.5. The Labute approximate surface area is 120 Å². The molecule has 1 N–H and O–H groups in total. The van der Waals surface area contributed by atoms with Crippen LogP contribution in [0.15, 0.2) is 24.3 Å². The van der Waals surface area contributed by atoms with Gasteiger partial charge in [0.15, 0.2) is 0 Å². The maximum absolute atomic E-state index is 12.3. The third kappa shape index (κ3) is 3.58. The molecule has 1 aliphatic carbocycles. The Hall–Kier alpha value is -1.86. The molecule has 20 heavy (non-hydrogen) atoms. The normalized spacial score (nSPS) is 15.7. The van der Waals surface area contributed by atoms with Crippen LogP contribution >= 0.6 is 0 Å². The zero-order valence-electron chi connectivity index (χ0n) is 12.1. The lowest BCUT2D eigenvalue weighted by molar-refractivity contribution is -0.121. The van der Waals surface area contributed by atoms with Crippen molar-refractivity contribution in [2.75, 3.05) is 11.9 Å². The van der Waals surface area contributed by atoms with Crippen LogP contribution in [0.1, 0.15) is 38.7 Å². The highest BCUT2D eigenvalue weighted by Gasteiger charge is 2.34. The van der Waals surface area contributed by atoms with Crippen molar-refractivity contribution < 1.29 is 4.79 Å². The lowest BCUT2D eigenvalue weighted by Gasteiger charge is -2.27. The van der Waals surface area contributed by atoms with E-state index in [2.05, 4.69) is 23.2 Å². The second-order valence-electron chi connectivity index (χ2n) is 5.33. The van der Waals surface area contributed by atoms with Crippen LogP contribution in [0, 0.1) is 11.3 Å². The van der Waals surface area contributed by atoms with E-state index in [1.807, 2.05) is 13.0 Å². The van der Waals surface area contributed by atoms with Crippen LogP contribution in [0.25, 0.3) is 0 Å². The molecule has 0 saturated heterocycles. The zero-order valence-corrected chi connectivity index (χ0v) is 12.1. The lowest BCUT2D eigenvalue weighted by Crippen LogP contribution is -2.43. The Morgan fingerprint density at radius 2 is 2.30 bits per heavy atom. The third-order valence-corrected chi connectivity index (χ3v) is 3.63. The van der Waals surface area contributed by atoms with Crippen molar-refractivity contribution >= 4 is 11.6 Å². The van der Waals surface area contributed by atoms with Crippen LogP contribution in [0.5, 0.6) is 0 Å². The van der Waals surface area contributed by atoms with Crippen LogP contribution in [0.4, 0.5) is 5.69 Å². The number of nitrogens with zero attached hydrogens (tertiary/aromatic N) is 2. The van der Waals surface area contributed by atoms with Crippen LogP contribution in [0.3, 0.4) is 0 Å². The van der Waals surface area contributed by atoms with Gasteiger partial charge < -0.3 is 5.32 Å². The summed E-state index contributed by atoms with van der Waals surface area (Å²) in [5.74, 6) is 0.000407. The molecular weight excluding hydrogens is 250 g/mol. The summed E-state index contributed by atoms with van der Waals surface area (Å²) in [6.45, 7) is 5.05. The molecule has 1 unspecified atom stereocenters. The summed E-state index contributed by atoms with van der Waals surface area (Å²) in [4.78, 5) is 14.6. The maximum Gasteiger partial charge on any atom is 0.241 e. The van der Waals surface area contributed by atoms with Gasteiger partial charge in [-0.15, -0.1) is 0 Å². The molecule has 4 nitrogen and oxygen atoms in total. The van der Waals surface area contributed by atoms with Crippen molar-refractivity contribution in [3.05, 3.63) is 29.8 Å². The van der Waals surface area contributed by atoms with E-state index in [1.54, 1.807) is 18.2 Å². The summed E-state index contributed by atoms with van der Waals surface area (Å²) in [6.07, 6.45) is 3.45. The summed E-state index contributed by atoms with van der Waals surface area (Å²) >= 11 is 0. The van der Waals surface area contributed by atoms with Gasteiger partial charge in [-0.25, -0.2) is 0 Å². The van der Waals surface area contributed by atoms with Crippen molar-refractivity contribution in [3.8, 4) is 6.07 Å². The van der Waals surface area contributed by atoms with E-state index < -0.39 is 0 Å². The summed E-state index contributed by atoms with van der Waals surface area (Å²) in [7, 11) is 0. The zero-order chi connectivity index (χ0) is 14.5. The molecule has 1 aromatic carbocycles. The Bertz CT molecular complexity index is 517. The smallest absolute Gasteiger partial charge is 0.241 e. The van der Waals surface area contributed by atoms with Gasteiger partial charge in [-0.1, -0.05) is 13.0 Å². The Kier molecular flexibility index (Phi) is 4.75. The fourth-order valence-electron chi connectivity index (χ4n) is 2.42. The summed E-state index contributed by atoms with van der Waals surface area (Å²) in [5, 5.41) is 11.8. The van der Waals surface area contributed by atoms with Crippen molar-refractivity contribution in [2.45, 2.75) is 45.2 Å². The molecule has 1 saturated carbocycles. The monoisotopic (exact) mass is 271 g/mol. The van der Waals surface area contributed by atoms with Gasteiger partial charge in [0, 0.05) is 11.7 Å². The standard InChI is InChI=1S/C16H21N3O/c1-3-9-19(15-7-8-15)12(2)16(20)18-14-6-4-5-13(10-14)11-17/h4-6,10,12,15H,3,7-9H2,1-2H3,(H,18,20). The molecule has 2 rings (SSSR count). The van der Waals surface area contributed by atoms with E-state index in [4.69, 9.17) is 5.26 Å². The molecule has 0 spiro atoms. The van der Waals surface area contributed by atoms with Crippen LogP contribution < -0.4 is 5.32 Å². The van der Waals surface area contributed by atoms with Gasteiger partial charge in [0.05, 0.1) is 17.7 Å². The lowest BCUT2D eigenvalue weighted by atomic mass is 10.2. The molecule has 0 aliphatic heterocycles. The summed E-state index contributed by atoms with van der Waals surface area (Å²) < 4.78 is 0. The Morgan fingerprint density at radius 3 is 2.90 bits per heavy atom. The SMILES string of the molecule is CCCN(C1CC1)C(C)C(=O)Nc1cccc(C#N)c1. The first-order chi connectivity index (χ1) is 9.65. The number of hydrogen-bond acceptors (Lipinski definition) is 3. The second kappa shape index (κ2) is 6.53. The highest BCUT2D eigenvalue weighted by atomic mass is 16.2. The average molecular weight is 271 g/mol. The number of amides is 1. The quantitative estimate of drug-likeness (QED) is 0.865. The van der Waals surface area contributed by atoms with Crippen molar-refractivity contribution in [1.82, 2.24) is 4.90 Å². The molecule has 106 valence electrons. The minimum absolute atomic E-state index is 0.000407. The van der Waals surface area contributed by atoms with E-state index in [0.29, 0.717) is 17.3 Å². The molecule has 1 amide bonds. The number of hydrogen-bond donors (Lipinski definition) is 1. The number of carbonyl (C=O) groups is 1. The third-order valence-electron chi connectivity index (χ3n) is 3.63. The first-order valence-electron chi connectivity index (χ1n) is 7.22. The largest absolute Gasteiger partial charge is 0.325 e. The molecule has 1 fully saturated rings. The van der Waals surface area contributed by atoms with E-state index in [0.717, 1.165) is 13.0 Å². The summed E-state index contributed by atoms with van der Waals surface area (Å²) in [5.41, 5.74) is 1.25. The molecule has 4 heteroatoms. The number of anilines is 1. The van der Waals surface area contributed by atoms with Gasteiger partial charge in [0.25, 0.3) is 0 Å². The number of nitrogens with one attached hydrogen (secondary N) is 1. The van der Waals surface area contributed by atoms with Crippen molar-refractivity contribution in [2.24, 2.45) is 0 Å². The first-order valence-corrected chi connectivity index (χ1v) is 7.22. The molecular formula is C16H21N3O. The van der Waals surface area contributed by atoms with Crippen molar-refractivity contribution in [3.63, 3.8) is 0 Å². The van der Waals surface area contributed by atoms with Gasteiger partial charge in [-0.3, -0.25) is 9.69 Å². The van der Waals surface area contributed by atoms with Gasteiger partial charge in [-0.05, 0) is 50.9 Å². The number of nitriles is 1.